The summed E-state index contributed by atoms with van der Waals surface area (Å²) in [5.41, 5.74) is 2.88. The number of thiazole rings is 1. The fourth-order valence-electron chi connectivity index (χ4n) is 3.55. The second-order valence-corrected chi connectivity index (χ2v) is 10.4. The van der Waals surface area contributed by atoms with E-state index in [0.29, 0.717) is 16.4 Å². The summed E-state index contributed by atoms with van der Waals surface area (Å²) in [5.74, 6) is -0.913. The van der Waals surface area contributed by atoms with Gasteiger partial charge in [-0.05, 0) is 52.3 Å². The molecule has 0 aliphatic heterocycles. The van der Waals surface area contributed by atoms with Crippen molar-refractivity contribution in [2.75, 3.05) is 10.2 Å². The van der Waals surface area contributed by atoms with Crippen LogP contribution in [0.15, 0.2) is 60.1 Å². The van der Waals surface area contributed by atoms with E-state index in [9.17, 15) is 14.4 Å². The monoisotopic (exact) mass is 492 g/mol. The number of aryl methyl sites for hydroxylation is 2. The number of hydrogen-bond donors (Lipinski definition) is 2. The molecule has 3 rings (SSSR count). The van der Waals surface area contributed by atoms with Crippen molar-refractivity contribution < 1.29 is 14.4 Å². The van der Waals surface area contributed by atoms with Crippen LogP contribution in [0.25, 0.3) is 0 Å². The van der Waals surface area contributed by atoms with Crippen molar-refractivity contribution in [3.05, 3.63) is 76.8 Å². The first-order valence-electron chi connectivity index (χ1n) is 11.5. The highest BCUT2D eigenvalue weighted by Crippen LogP contribution is 2.30. The molecule has 3 amide bonds. The highest BCUT2D eigenvalue weighted by Gasteiger charge is 2.34. The first-order valence-corrected chi connectivity index (χ1v) is 12.4. The van der Waals surface area contributed by atoms with E-state index in [1.807, 2.05) is 83.1 Å². The Morgan fingerprint density at radius 2 is 1.54 bits per heavy atom. The Labute approximate surface area is 210 Å². The summed E-state index contributed by atoms with van der Waals surface area (Å²) in [4.78, 5) is 45.2. The number of hydrogen-bond acceptors (Lipinski definition) is 5. The maximum absolute atomic E-state index is 13.6. The summed E-state index contributed by atoms with van der Waals surface area (Å²) in [6.45, 7) is 9.63. The van der Waals surface area contributed by atoms with Crippen molar-refractivity contribution in [3.63, 3.8) is 0 Å². The van der Waals surface area contributed by atoms with Crippen molar-refractivity contribution in [3.8, 4) is 0 Å². The zero-order valence-electron chi connectivity index (χ0n) is 20.8. The third kappa shape index (κ3) is 7.48. The zero-order chi connectivity index (χ0) is 25.6. The number of carbonyl (C=O) groups excluding carboxylic acids is 3. The van der Waals surface area contributed by atoms with Crippen LogP contribution in [0.1, 0.15) is 56.3 Å². The van der Waals surface area contributed by atoms with Crippen LogP contribution in [0.3, 0.4) is 0 Å². The molecule has 0 bridgehead atoms. The molecule has 35 heavy (non-hydrogen) atoms. The molecular weight excluding hydrogens is 460 g/mol. The topological polar surface area (TPSA) is 91.4 Å². The van der Waals surface area contributed by atoms with Gasteiger partial charge in [0.25, 0.3) is 0 Å². The molecule has 2 aromatic carbocycles. The number of anilines is 2. The highest BCUT2D eigenvalue weighted by molar-refractivity contribution is 7.13. The Morgan fingerprint density at radius 1 is 0.943 bits per heavy atom. The lowest BCUT2D eigenvalue weighted by Gasteiger charge is -2.34. The van der Waals surface area contributed by atoms with Crippen LogP contribution in [0.2, 0.25) is 0 Å². The van der Waals surface area contributed by atoms with E-state index in [4.69, 9.17) is 0 Å². The first kappa shape index (κ1) is 26.1. The number of carbonyl (C=O) groups is 3. The lowest BCUT2D eigenvalue weighted by atomic mass is 9.99. The van der Waals surface area contributed by atoms with Gasteiger partial charge in [-0.3, -0.25) is 19.3 Å². The smallest absolute Gasteiger partial charge is 0.248 e. The molecule has 0 saturated heterocycles. The van der Waals surface area contributed by atoms with E-state index in [1.54, 1.807) is 11.6 Å². The molecule has 0 saturated carbocycles. The minimum atomic E-state index is -0.896. The average molecular weight is 493 g/mol. The predicted octanol–water partition coefficient (Wildman–Crippen LogP) is 5.17. The first-order chi connectivity index (χ1) is 16.5. The lowest BCUT2D eigenvalue weighted by molar-refractivity contribution is -0.128. The molecule has 0 radical (unpaired) electrons. The summed E-state index contributed by atoms with van der Waals surface area (Å²) >= 11 is 1.31. The van der Waals surface area contributed by atoms with Crippen LogP contribution < -0.4 is 15.5 Å². The fourth-order valence-corrected chi connectivity index (χ4v) is 4.10. The number of nitrogens with one attached hydrogen (secondary N) is 2. The van der Waals surface area contributed by atoms with Gasteiger partial charge in [0.05, 0.1) is 0 Å². The van der Waals surface area contributed by atoms with Gasteiger partial charge in [0, 0.05) is 35.6 Å². The number of aromatic nitrogens is 1. The van der Waals surface area contributed by atoms with Crippen LogP contribution in [-0.4, -0.2) is 28.2 Å². The van der Waals surface area contributed by atoms with Gasteiger partial charge in [0.2, 0.25) is 17.7 Å². The number of benzene rings is 2. The largest absolute Gasteiger partial charge is 0.349 e. The third-order valence-electron chi connectivity index (χ3n) is 5.22. The highest BCUT2D eigenvalue weighted by atomic mass is 32.1. The lowest BCUT2D eigenvalue weighted by Crippen LogP contribution is -2.49. The van der Waals surface area contributed by atoms with Crippen LogP contribution in [-0.2, 0) is 14.4 Å². The molecule has 0 unspecified atom stereocenters. The van der Waals surface area contributed by atoms with E-state index >= 15 is 0 Å². The van der Waals surface area contributed by atoms with Gasteiger partial charge in [0.1, 0.15) is 6.04 Å². The van der Waals surface area contributed by atoms with E-state index in [0.717, 1.165) is 11.1 Å². The maximum Gasteiger partial charge on any atom is 0.248 e. The van der Waals surface area contributed by atoms with Crippen molar-refractivity contribution >= 4 is 39.9 Å². The number of rotatable bonds is 8. The van der Waals surface area contributed by atoms with Gasteiger partial charge >= 0.3 is 0 Å². The molecule has 8 heteroatoms. The van der Waals surface area contributed by atoms with E-state index < -0.39 is 11.6 Å². The van der Waals surface area contributed by atoms with Crippen LogP contribution >= 0.6 is 11.3 Å². The summed E-state index contributed by atoms with van der Waals surface area (Å²) in [5, 5.41) is 7.98. The quantitative estimate of drug-likeness (QED) is 0.454. The molecule has 184 valence electrons. The van der Waals surface area contributed by atoms with Gasteiger partial charge in [-0.2, -0.15) is 0 Å². The molecule has 7 nitrogen and oxygen atoms in total. The minimum Gasteiger partial charge on any atom is -0.349 e. The molecule has 1 aromatic heterocycles. The minimum absolute atomic E-state index is 0.0255. The Morgan fingerprint density at radius 3 is 2.09 bits per heavy atom. The Bertz CT molecular complexity index is 1150. The van der Waals surface area contributed by atoms with E-state index in [1.165, 1.54) is 16.2 Å². The number of nitrogens with zero attached hydrogens (tertiary/aromatic N) is 2. The van der Waals surface area contributed by atoms with Crippen molar-refractivity contribution in [2.24, 2.45) is 0 Å². The third-order valence-corrected chi connectivity index (χ3v) is 5.91. The molecule has 0 aliphatic rings. The van der Waals surface area contributed by atoms with Gasteiger partial charge in [-0.1, -0.05) is 47.5 Å². The average Bonchev–Trinajstić information content (AvgIpc) is 3.29. The summed E-state index contributed by atoms with van der Waals surface area (Å²) in [6.07, 6.45) is 1.52. The molecule has 2 N–H and O–H groups in total. The fraction of sp³-hybridized carbons (Fsp3) is 0.333. The van der Waals surface area contributed by atoms with Crippen molar-refractivity contribution in [2.45, 2.75) is 59.0 Å². The molecule has 1 heterocycles. The second-order valence-electron chi connectivity index (χ2n) is 9.54. The van der Waals surface area contributed by atoms with Crippen LogP contribution in [0.5, 0.6) is 0 Å². The Balaban J connectivity index is 1.95. The van der Waals surface area contributed by atoms with Crippen molar-refractivity contribution in [1.29, 1.82) is 0 Å². The summed E-state index contributed by atoms with van der Waals surface area (Å²) in [6, 6.07) is 14.1. The van der Waals surface area contributed by atoms with Gasteiger partial charge in [-0.15, -0.1) is 11.3 Å². The van der Waals surface area contributed by atoms with Crippen molar-refractivity contribution in [1.82, 2.24) is 10.3 Å². The standard InChI is InChI=1S/C27H32N4O3S/c1-18-6-10-20(11-7-18)24(25(34)30-27(3,4)5)31(21-12-8-19(2)9-13-21)23(33)15-14-22(32)29-26-28-16-17-35-26/h6-13,16-17,24H,14-15H2,1-5H3,(H,30,34)(H,28,29,32)/t24-/m0/s1. The van der Waals surface area contributed by atoms with Gasteiger partial charge in [-0.25, -0.2) is 4.98 Å². The maximum atomic E-state index is 13.6. The van der Waals surface area contributed by atoms with Gasteiger partial charge in [0.15, 0.2) is 5.13 Å². The van der Waals surface area contributed by atoms with E-state index in [2.05, 4.69) is 15.6 Å². The van der Waals surface area contributed by atoms with Gasteiger partial charge < -0.3 is 10.6 Å². The second kappa shape index (κ2) is 11.3. The molecule has 1 atom stereocenters. The predicted molar refractivity (Wildman–Crippen MR) is 140 cm³/mol. The zero-order valence-corrected chi connectivity index (χ0v) is 21.6. The molecule has 0 fully saturated rings. The molecular formula is C27H32N4O3S. The van der Waals surface area contributed by atoms with Crippen LogP contribution in [0, 0.1) is 13.8 Å². The Hall–Kier alpha value is -3.52. The summed E-state index contributed by atoms with van der Waals surface area (Å²) in [7, 11) is 0. The molecule has 0 aliphatic carbocycles. The Kier molecular flexibility index (Phi) is 8.40. The summed E-state index contributed by atoms with van der Waals surface area (Å²) < 4.78 is 0. The normalized spacial score (nSPS) is 12.0. The molecule has 3 aromatic rings. The molecule has 0 spiro atoms. The van der Waals surface area contributed by atoms with E-state index in [-0.39, 0.29) is 30.6 Å². The SMILES string of the molecule is Cc1ccc([C@@H](C(=O)NC(C)(C)C)N(C(=O)CCC(=O)Nc2nccs2)c2ccc(C)cc2)cc1. The number of amides is 3. The van der Waals surface area contributed by atoms with Crippen LogP contribution in [0.4, 0.5) is 10.8 Å².